The molecule has 0 radical (unpaired) electrons. The average molecular weight is 252 g/mol. The van der Waals surface area contributed by atoms with E-state index in [9.17, 15) is 9.90 Å². The van der Waals surface area contributed by atoms with E-state index >= 15 is 0 Å². The van der Waals surface area contributed by atoms with Crippen LogP contribution in [-0.4, -0.2) is 41.0 Å². The maximum atomic E-state index is 11.8. The molecule has 2 rings (SSSR count). The number of pyridine rings is 1. The largest absolute Gasteiger partial charge is 0.505 e. The molecule has 1 amide bonds. The fourth-order valence-electron chi connectivity index (χ4n) is 1.74. The van der Waals surface area contributed by atoms with Crippen LogP contribution in [0.5, 0.6) is 5.75 Å². The maximum Gasteiger partial charge on any atom is 0.255 e. The molecule has 1 aromatic rings. The van der Waals surface area contributed by atoms with Crippen LogP contribution in [0, 0.1) is 0 Å². The van der Waals surface area contributed by atoms with Gasteiger partial charge in [-0.25, -0.2) is 0 Å². The molecule has 0 aliphatic carbocycles. The second kappa shape index (κ2) is 4.91. The van der Waals surface area contributed by atoms with Crippen molar-refractivity contribution in [2.45, 2.75) is 25.7 Å². The number of hydrogen-bond donors (Lipinski definition) is 2. The number of nitrogens with zero attached hydrogens (tertiary/aromatic N) is 1. The van der Waals surface area contributed by atoms with Crippen LogP contribution in [0.4, 0.5) is 0 Å². The van der Waals surface area contributed by atoms with Crippen LogP contribution in [0.15, 0.2) is 18.5 Å². The summed E-state index contributed by atoms with van der Waals surface area (Å²) in [5.41, 5.74) is 0.197. The third-order valence-corrected chi connectivity index (χ3v) is 2.60. The van der Waals surface area contributed by atoms with Gasteiger partial charge in [-0.05, 0) is 19.9 Å². The highest BCUT2D eigenvalue weighted by atomic mass is 16.7. The van der Waals surface area contributed by atoms with E-state index in [1.807, 2.05) is 13.8 Å². The van der Waals surface area contributed by atoms with E-state index in [1.165, 1.54) is 18.5 Å². The van der Waals surface area contributed by atoms with Crippen molar-refractivity contribution in [1.82, 2.24) is 10.3 Å². The molecule has 1 unspecified atom stereocenters. The fourth-order valence-corrected chi connectivity index (χ4v) is 1.74. The molecule has 18 heavy (non-hydrogen) atoms. The Bertz CT molecular complexity index is 447. The quantitative estimate of drug-likeness (QED) is 0.826. The van der Waals surface area contributed by atoms with E-state index in [0.29, 0.717) is 13.2 Å². The molecule has 0 spiro atoms. The van der Waals surface area contributed by atoms with E-state index < -0.39 is 5.79 Å². The van der Waals surface area contributed by atoms with Crippen LogP contribution in [-0.2, 0) is 9.47 Å². The Morgan fingerprint density at radius 2 is 2.44 bits per heavy atom. The molecule has 0 saturated carbocycles. The summed E-state index contributed by atoms with van der Waals surface area (Å²) in [6.07, 6.45) is 2.51. The summed E-state index contributed by atoms with van der Waals surface area (Å²) in [4.78, 5) is 15.5. The zero-order chi connectivity index (χ0) is 13.2. The van der Waals surface area contributed by atoms with Crippen molar-refractivity contribution in [1.29, 1.82) is 0 Å². The normalized spacial score (nSPS) is 21.8. The van der Waals surface area contributed by atoms with Crippen molar-refractivity contribution in [3.8, 4) is 5.75 Å². The second-order valence-corrected chi connectivity index (χ2v) is 4.55. The topological polar surface area (TPSA) is 80.7 Å². The van der Waals surface area contributed by atoms with Gasteiger partial charge in [0.25, 0.3) is 5.91 Å². The first-order chi connectivity index (χ1) is 8.48. The van der Waals surface area contributed by atoms with E-state index in [-0.39, 0.29) is 23.3 Å². The molecule has 1 aliphatic heterocycles. The van der Waals surface area contributed by atoms with Gasteiger partial charge >= 0.3 is 0 Å². The molecule has 1 atom stereocenters. The average Bonchev–Trinajstić information content (AvgIpc) is 2.66. The van der Waals surface area contributed by atoms with Crippen molar-refractivity contribution in [3.05, 3.63) is 24.0 Å². The first-order valence-corrected chi connectivity index (χ1v) is 5.71. The number of hydrogen-bond acceptors (Lipinski definition) is 5. The molecule has 0 aromatic carbocycles. The lowest BCUT2D eigenvalue weighted by atomic mass is 10.2. The minimum Gasteiger partial charge on any atom is -0.505 e. The van der Waals surface area contributed by atoms with E-state index in [1.54, 1.807) is 0 Å². The predicted octanol–water partition coefficient (Wildman–Crippen LogP) is 0.668. The smallest absolute Gasteiger partial charge is 0.255 e. The van der Waals surface area contributed by atoms with E-state index in [2.05, 4.69) is 10.3 Å². The Morgan fingerprint density at radius 1 is 1.67 bits per heavy atom. The third kappa shape index (κ3) is 2.96. The highest BCUT2D eigenvalue weighted by Gasteiger charge is 2.32. The summed E-state index contributed by atoms with van der Waals surface area (Å²) >= 11 is 0. The minimum absolute atomic E-state index is 0.140. The van der Waals surface area contributed by atoms with Gasteiger partial charge in [0.15, 0.2) is 5.79 Å². The second-order valence-electron chi connectivity index (χ2n) is 4.55. The summed E-state index contributed by atoms with van der Waals surface area (Å²) in [7, 11) is 0. The molecular formula is C12H16N2O4. The van der Waals surface area contributed by atoms with Gasteiger partial charge in [0, 0.05) is 12.7 Å². The Morgan fingerprint density at radius 3 is 3.06 bits per heavy atom. The minimum atomic E-state index is -0.603. The standard InChI is InChI=1S/C12H16N2O4/c1-12(2)17-7-8(18-12)5-14-11(16)9-3-4-13-6-10(9)15/h3-4,6,8,15H,5,7H2,1-2H3,(H,14,16). The number of aromatic nitrogens is 1. The molecule has 1 fully saturated rings. The summed E-state index contributed by atoms with van der Waals surface area (Å²) in [5, 5.41) is 12.2. The first-order valence-electron chi connectivity index (χ1n) is 5.71. The SMILES string of the molecule is CC1(C)OCC(CNC(=O)c2ccncc2O)O1. The Hall–Kier alpha value is -1.66. The van der Waals surface area contributed by atoms with Gasteiger partial charge < -0.3 is 19.9 Å². The number of nitrogens with one attached hydrogen (secondary N) is 1. The van der Waals surface area contributed by atoms with Crippen molar-refractivity contribution >= 4 is 5.91 Å². The predicted molar refractivity (Wildman–Crippen MR) is 63.1 cm³/mol. The molecule has 0 bridgehead atoms. The Labute approximate surface area is 105 Å². The molecule has 2 N–H and O–H groups in total. The zero-order valence-corrected chi connectivity index (χ0v) is 10.3. The monoisotopic (exact) mass is 252 g/mol. The molecule has 1 saturated heterocycles. The van der Waals surface area contributed by atoms with Crippen LogP contribution < -0.4 is 5.32 Å². The molecular weight excluding hydrogens is 236 g/mol. The van der Waals surface area contributed by atoms with Gasteiger partial charge in [0.05, 0.1) is 18.4 Å². The number of carbonyl (C=O) groups excluding carboxylic acids is 1. The summed E-state index contributed by atoms with van der Waals surface area (Å²) in [6, 6.07) is 1.46. The fraction of sp³-hybridized carbons (Fsp3) is 0.500. The molecule has 1 aromatic heterocycles. The number of rotatable bonds is 3. The molecule has 2 heterocycles. The van der Waals surface area contributed by atoms with Gasteiger partial charge in [-0.3, -0.25) is 9.78 Å². The van der Waals surface area contributed by atoms with Gasteiger partial charge in [0.1, 0.15) is 11.9 Å². The number of ether oxygens (including phenoxy) is 2. The zero-order valence-electron chi connectivity index (χ0n) is 10.3. The summed E-state index contributed by atoms with van der Waals surface area (Å²) < 4.78 is 10.9. The number of carbonyl (C=O) groups is 1. The molecule has 1 aliphatic rings. The van der Waals surface area contributed by atoms with Crippen molar-refractivity contribution in [2.24, 2.45) is 0 Å². The first kappa shape index (κ1) is 12.8. The lowest BCUT2D eigenvalue weighted by Crippen LogP contribution is -2.34. The lowest BCUT2D eigenvalue weighted by Gasteiger charge is -2.17. The van der Waals surface area contributed by atoms with Gasteiger partial charge in [-0.15, -0.1) is 0 Å². The molecule has 98 valence electrons. The highest BCUT2D eigenvalue weighted by molar-refractivity contribution is 5.96. The van der Waals surface area contributed by atoms with E-state index in [4.69, 9.17) is 9.47 Å². The summed E-state index contributed by atoms with van der Waals surface area (Å²) in [6.45, 7) is 4.42. The van der Waals surface area contributed by atoms with Crippen molar-refractivity contribution in [2.75, 3.05) is 13.2 Å². The van der Waals surface area contributed by atoms with Gasteiger partial charge in [-0.1, -0.05) is 0 Å². The van der Waals surface area contributed by atoms with Gasteiger partial charge in [-0.2, -0.15) is 0 Å². The van der Waals surface area contributed by atoms with Crippen LogP contribution in [0.1, 0.15) is 24.2 Å². The van der Waals surface area contributed by atoms with E-state index in [0.717, 1.165) is 0 Å². The Kier molecular flexibility index (Phi) is 3.49. The third-order valence-electron chi connectivity index (χ3n) is 2.60. The van der Waals surface area contributed by atoms with Crippen LogP contribution >= 0.6 is 0 Å². The van der Waals surface area contributed by atoms with Crippen LogP contribution in [0.2, 0.25) is 0 Å². The van der Waals surface area contributed by atoms with Crippen LogP contribution in [0.25, 0.3) is 0 Å². The summed E-state index contributed by atoms with van der Waals surface area (Å²) in [5.74, 6) is -1.10. The molecule has 6 nitrogen and oxygen atoms in total. The molecule has 6 heteroatoms. The number of amides is 1. The van der Waals surface area contributed by atoms with Gasteiger partial charge in [0.2, 0.25) is 0 Å². The Balaban J connectivity index is 1.88. The maximum absolute atomic E-state index is 11.8. The highest BCUT2D eigenvalue weighted by Crippen LogP contribution is 2.22. The lowest BCUT2D eigenvalue weighted by molar-refractivity contribution is -0.137. The van der Waals surface area contributed by atoms with Crippen molar-refractivity contribution < 1.29 is 19.4 Å². The van der Waals surface area contributed by atoms with Crippen molar-refractivity contribution in [3.63, 3.8) is 0 Å². The van der Waals surface area contributed by atoms with Crippen LogP contribution in [0.3, 0.4) is 0 Å². The number of aromatic hydroxyl groups is 1.